The molecule has 4 aliphatic rings. The maximum Gasteiger partial charge on any atom is 0.319 e. The van der Waals surface area contributed by atoms with Crippen molar-refractivity contribution in [1.29, 1.82) is 0 Å². The van der Waals surface area contributed by atoms with Crippen molar-refractivity contribution >= 4 is 33.2 Å². The van der Waals surface area contributed by atoms with E-state index >= 15 is 8.78 Å². The van der Waals surface area contributed by atoms with E-state index in [4.69, 9.17) is 21.9 Å². The molecule has 7 nitrogen and oxygen atoms in total. The molecule has 3 N–H and O–H groups in total. The fourth-order valence-electron chi connectivity index (χ4n) is 8.01. The van der Waals surface area contributed by atoms with E-state index in [-0.39, 0.29) is 52.5 Å². The molecule has 0 aliphatic carbocycles. The van der Waals surface area contributed by atoms with E-state index in [2.05, 4.69) is 38.2 Å². The van der Waals surface area contributed by atoms with Crippen molar-refractivity contribution in [1.82, 2.24) is 20.2 Å². The summed E-state index contributed by atoms with van der Waals surface area (Å²) in [5.41, 5.74) is 6.13. The minimum absolute atomic E-state index is 0.0242. The second-order valence-corrected chi connectivity index (χ2v) is 12.8. The normalized spacial score (nSPS) is 25.6. The molecule has 4 aromatic rings. The molecule has 0 radical (unpaired) electrons. The highest BCUT2D eigenvalue weighted by atomic mass is 19.3. The first-order valence-electron chi connectivity index (χ1n) is 15.6. The zero-order chi connectivity index (χ0) is 31.7. The van der Waals surface area contributed by atoms with Crippen LogP contribution in [0, 0.1) is 18.2 Å². The number of nitrogens with one attached hydrogen (secondary N) is 1. The molecule has 11 heteroatoms. The van der Waals surface area contributed by atoms with Crippen LogP contribution in [-0.4, -0.2) is 71.4 Å². The van der Waals surface area contributed by atoms with Gasteiger partial charge < -0.3 is 20.7 Å². The molecule has 0 amide bonds. The monoisotopic (exact) mass is 628 g/mol. The van der Waals surface area contributed by atoms with Crippen LogP contribution in [0.2, 0.25) is 0 Å². The Bertz CT molecular complexity index is 1950. The van der Waals surface area contributed by atoms with Crippen LogP contribution >= 0.6 is 0 Å². The maximum atomic E-state index is 15.4. The summed E-state index contributed by atoms with van der Waals surface area (Å²) in [5.74, 6) is 2.24. The molecule has 8 rings (SSSR count). The summed E-state index contributed by atoms with van der Waals surface area (Å²) in [6, 6.07) is 9.38. The van der Waals surface area contributed by atoms with Crippen LogP contribution in [0.1, 0.15) is 36.8 Å². The molecule has 236 valence electrons. The molecular formula is C35H32F4N6O. The molecule has 2 bridgehead atoms. The summed E-state index contributed by atoms with van der Waals surface area (Å²) in [7, 11) is 0. The number of piperazine rings is 1. The molecule has 4 aliphatic heterocycles. The van der Waals surface area contributed by atoms with Crippen LogP contribution in [0.25, 0.3) is 32.8 Å². The number of anilines is 2. The summed E-state index contributed by atoms with van der Waals surface area (Å²) >= 11 is 0. The van der Waals surface area contributed by atoms with E-state index in [1.807, 2.05) is 0 Å². The average molecular weight is 629 g/mol. The standard InChI is InChI=1S/C35H32F4N6O/c1-2-24-28(37)9-4-19-12-21(40)13-27(29(19)24)25-7-8-26-31(30(25)32(38)39)42-34(43-33(26)44-16-22-5-6-23(17-44)41-22)46-18-35-10-3-11-45(35)15-20(36)14-35/h1,4-9,12-13,20,22-23,32,41H,3,10-11,14-18,40H2. The zero-order valence-electron chi connectivity index (χ0n) is 24.9. The number of nitrogens with zero attached hydrogens (tertiary/aromatic N) is 4. The Morgan fingerprint density at radius 1 is 1.09 bits per heavy atom. The van der Waals surface area contributed by atoms with Gasteiger partial charge in [0.2, 0.25) is 0 Å². The van der Waals surface area contributed by atoms with E-state index in [0.717, 1.165) is 19.4 Å². The minimum Gasteiger partial charge on any atom is -0.461 e. The van der Waals surface area contributed by atoms with Crippen molar-refractivity contribution in [2.75, 3.05) is 43.4 Å². The van der Waals surface area contributed by atoms with Gasteiger partial charge in [0, 0.05) is 54.6 Å². The topological polar surface area (TPSA) is 79.5 Å². The number of rotatable bonds is 6. The molecule has 3 aromatic carbocycles. The van der Waals surface area contributed by atoms with Gasteiger partial charge in [-0.25, -0.2) is 17.6 Å². The lowest BCUT2D eigenvalue weighted by Gasteiger charge is -2.35. The fraction of sp³-hybridized carbons (Fsp3) is 0.371. The number of alkyl halides is 3. The van der Waals surface area contributed by atoms with Gasteiger partial charge in [-0.05, 0) is 60.2 Å². The van der Waals surface area contributed by atoms with Crippen molar-refractivity contribution < 1.29 is 22.3 Å². The number of benzene rings is 3. The molecule has 3 fully saturated rings. The molecule has 3 saturated heterocycles. The van der Waals surface area contributed by atoms with E-state index in [9.17, 15) is 8.78 Å². The number of hydrogen-bond acceptors (Lipinski definition) is 7. The highest BCUT2D eigenvalue weighted by Gasteiger charge is 2.49. The average Bonchev–Trinajstić information content (AvgIpc) is 3.68. The Morgan fingerprint density at radius 3 is 2.65 bits per heavy atom. The largest absolute Gasteiger partial charge is 0.461 e. The number of aromatic nitrogens is 2. The predicted molar refractivity (Wildman–Crippen MR) is 170 cm³/mol. The van der Waals surface area contributed by atoms with Gasteiger partial charge in [-0.1, -0.05) is 30.2 Å². The number of hydrogen-bond donors (Lipinski definition) is 2. The third kappa shape index (κ3) is 4.65. The number of fused-ring (bicyclic) bond motifs is 5. The van der Waals surface area contributed by atoms with Crippen LogP contribution in [0.4, 0.5) is 29.1 Å². The summed E-state index contributed by atoms with van der Waals surface area (Å²) in [4.78, 5) is 13.6. The lowest BCUT2D eigenvalue weighted by Crippen LogP contribution is -2.52. The number of halogens is 4. The smallest absolute Gasteiger partial charge is 0.319 e. The summed E-state index contributed by atoms with van der Waals surface area (Å²) < 4.78 is 66.4. The molecule has 4 unspecified atom stereocenters. The fourth-order valence-corrected chi connectivity index (χ4v) is 8.01. The van der Waals surface area contributed by atoms with Gasteiger partial charge in [0.15, 0.2) is 0 Å². The van der Waals surface area contributed by atoms with Crippen molar-refractivity contribution in [2.45, 2.75) is 49.5 Å². The highest BCUT2D eigenvalue weighted by molar-refractivity contribution is 6.06. The molecule has 46 heavy (non-hydrogen) atoms. The second-order valence-electron chi connectivity index (χ2n) is 12.8. The molecule has 5 heterocycles. The Labute approximate surface area is 263 Å². The van der Waals surface area contributed by atoms with Crippen LogP contribution in [0.5, 0.6) is 6.01 Å². The Morgan fingerprint density at radius 2 is 1.89 bits per heavy atom. The molecular weight excluding hydrogens is 596 g/mol. The van der Waals surface area contributed by atoms with Crippen molar-refractivity contribution in [2.24, 2.45) is 0 Å². The predicted octanol–water partition coefficient (Wildman–Crippen LogP) is 5.76. The third-order valence-corrected chi connectivity index (χ3v) is 9.98. The van der Waals surface area contributed by atoms with Crippen molar-refractivity contribution in [3.63, 3.8) is 0 Å². The first-order valence-corrected chi connectivity index (χ1v) is 15.6. The van der Waals surface area contributed by atoms with Crippen LogP contribution < -0.4 is 20.7 Å². The number of ether oxygens (including phenoxy) is 1. The van der Waals surface area contributed by atoms with Gasteiger partial charge in [0.05, 0.1) is 22.2 Å². The highest BCUT2D eigenvalue weighted by Crippen LogP contribution is 2.44. The van der Waals surface area contributed by atoms with Gasteiger partial charge in [-0.3, -0.25) is 4.90 Å². The van der Waals surface area contributed by atoms with E-state index in [1.54, 1.807) is 18.2 Å². The number of nitrogen functional groups attached to an aromatic ring is 1. The van der Waals surface area contributed by atoms with Gasteiger partial charge in [-0.2, -0.15) is 9.97 Å². The quantitative estimate of drug-likeness (QED) is 0.122. The molecule has 1 aromatic heterocycles. The van der Waals surface area contributed by atoms with E-state index in [0.29, 0.717) is 53.7 Å². The van der Waals surface area contributed by atoms with Crippen LogP contribution in [-0.2, 0) is 0 Å². The first kappa shape index (κ1) is 29.0. The summed E-state index contributed by atoms with van der Waals surface area (Å²) in [6.45, 7) is 2.46. The lowest BCUT2D eigenvalue weighted by molar-refractivity contribution is 0.107. The van der Waals surface area contributed by atoms with Crippen LogP contribution in [0.15, 0.2) is 48.6 Å². The molecule has 0 saturated carbocycles. The van der Waals surface area contributed by atoms with E-state index in [1.165, 1.54) is 18.2 Å². The minimum atomic E-state index is -2.97. The Balaban J connectivity index is 1.32. The number of nitrogens with two attached hydrogens (primary N) is 1. The maximum absolute atomic E-state index is 15.4. The SMILES string of the molecule is C#Cc1c(F)ccc2cc(N)cc(-c3ccc4c(N5CC6C=CC(C5)N6)nc(OCC56CCCN5CC(F)C6)nc4c3C(F)F)c12. The third-order valence-electron chi connectivity index (χ3n) is 9.98. The van der Waals surface area contributed by atoms with Crippen LogP contribution in [0.3, 0.4) is 0 Å². The Kier molecular flexibility index (Phi) is 6.85. The molecule has 4 atom stereocenters. The summed E-state index contributed by atoms with van der Waals surface area (Å²) in [5, 5.41) is 4.78. The second kappa shape index (κ2) is 10.9. The Hall–Kier alpha value is -4.40. The zero-order valence-corrected chi connectivity index (χ0v) is 24.9. The number of terminal acetylenes is 1. The molecule has 0 spiro atoms. The van der Waals surface area contributed by atoms with Gasteiger partial charge in [0.1, 0.15) is 24.4 Å². The van der Waals surface area contributed by atoms with Crippen molar-refractivity contribution in [3.8, 4) is 29.5 Å². The summed E-state index contributed by atoms with van der Waals surface area (Å²) in [6.07, 6.45) is 8.07. The lowest BCUT2D eigenvalue weighted by atomic mass is 9.90. The van der Waals surface area contributed by atoms with Gasteiger partial charge >= 0.3 is 6.01 Å². The van der Waals surface area contributed by atoms with Gasteiger partial charge in [-0.15, -0.1) is 6.42 Å². The van der Waals surface area contributed by atoms with E-state index < -0.39 is 24.0 Å². The van der Waals surface area contributed by atoms with Gasteiger partial charge in [0.25, 0.3) is 6.43 Å². The first-order chi connectivity index (χ1) is 22.2. The van der Waals surface area contributed by atoms with Crippen molar-refractivity contribution in [3.05, 3.63) is 65.5 Å².